The molecule has 4 nitrogen and oxygen atoms in total. The third kappa shape index (κ3) is 2.71. The Balaban J connectivity index is 2.62. The number of hydrogen-bond donors (Lipinski definition) is 3. The molecule has 0 unspecified atom stereocenters. The summed E-state index contributed by atoms with van der Waals surface area (Å²) in [5.74, 6) is -0.349. The minimum atomic E-state index is -0.285. The Labute approximate surface area is 117 Å². The highest BCUT2D eigenvalue weighted by Gasteiger charge is 2.11. The molecule has 0 spiro atoms. The van der Waals surface area contributed by atoms with Crippen molar-refractivity contribution < 1.29 is 4.39 Å². The third-order valence-electron chi connectivity index (χ3n) is 3.04. The number of aliphatic imine (C=N–C) groups is 1. The van der Waals surface area contributed by atoms with Gasteiger partial charge in [-0.2, -0.15) is 0 Å². The zero-order valence-corrected chi connectivity index (χ0v) is 11.4. The van der Waals surface area contributed by atoms with Crippen molar-refractivity contribution in [3.8, 4) is 11.1 Å². The number of guanidine groups is 1. The van der Waals surface area contributed by atoms with E-state index >= 15 is 0 Å². The Morgan fingerprint density at radius 3 is 2.40 bits per heavy atom. The molecule has 0 aliphatic rings. The maximum absolute atomic E-state index is 14.0. The molecule has 0 aromatic heterocycles. The Bertz CT molecular complexity index is 689. The van der Waals surface area contributed by atoms with Crippen LogP contribution in [-0.2, 0) is 0 Å². The van der Waals surface area contributed by atoms with E-state index in [1.54, 1.807) is 24.3 Å². The summed E-state index contributed by atoms with van der Waals surface area (Å²) < 4.78 is 14.0. The van der Waals surface area contributed by atoms with E-state index in [-0.39, 0.29) is 11.8 Å². The number of rotatable bonds is 2. The second kappa shape index (κ2) is 5.21. The Morgan fingerprint density at radius 2 is 1.75 bits per heavy atom. The van der Waals surface area contributed by atoms with Gasteiger partial charge in [0.15, 0.2) is 5.96 Å². The molecule has 2 aromatic rings. The third-order valence-corrected chi connectivity index (χ3v) is 3.04. The predicted octanol–water partition coefficient (Wildman–Crippen LogP) is 2.60. The molecule has 0 heterocycles. The minimum Gasteiger partial charge on any atom is -0.397 e. The molecule has 0 bridgehead atoms. The first kappa shape index (κ1) is 13.9. The van der Waals surface area contributed by atoms with Crippen LogP contribution in [0.15, 0.2) is 35.3 Å². The van der Waals surface area contributed by atoms with Crippen LogP contribution in [-0.4, -0.2) is 5.96 Å². The van der Waals surface area contributed by atoms with Crippen molar-refractivity contribution in [1.82, 2.24) is 0 Å². The highest BCUT2D eigenvalue weighted by molar-refractivity contribution is 5.84. The highest BCUT2D eigenvalue weighted by atomic mass is 19.1. The highest BCUT2D eigenvalue weighted by Crippen LogP contribution is 2.33. The van der Waals surface area contributed by atoms with Gasteiger partial charge < -0.3 is 17.2 Å². The van der Waals surface area contributed by atoms with Crippen molar-refractivity contribution in [2.24, 2.45) is 16.5 Å². The normalized spacial score (nSPS) is 10.3. The van der Waals surface area contributed by atoms with E-state index in [4.69, 9.17) is 17.2 Å². The smallest absolute Gasteiger partial charge is 0.191 e. The first-order valence-electron chi connectivity index (χ1n) is 6.14. The van der Waals surface area contributed by atoms with Gasteiger partial charge in [-0.05, 0) is 49.2 Å². The van der Waals surface area contributed by atoms with E-state index in [1.165, 1.54) is 6.07 Å². The summed E-state index contributed by atoms with van der Waals surface area (Å²) >= 11 is 0. The van der Waals surface area contributed by atoms with Gasteiger partial charge in [0.2, 0.25) is 0 Å². The molecule has 0 aliphatic heterocycles. The van der Waals surface area contributed by atoms with E-state index in [0.29, 0.717) is 16.9 Å². The maximum atomic E-state index is 14.0. The second-order valence-corrected chi connectivity index (χ2v) is 4.75. The zero-order valence-electron chi connectivity index (χ0n) is 11.4. The predicted molar refractivity (Wildman–Crippen MR) is 81.2 cm³/mol. The largest absolute Gasteiger partial charge is 0.397 e. The van der Waals surface area contributed by atoms with Gasteiger partial charge in [-0.3, -0.25) is 0 Å². The van der Waals surface area contributed by atoms with Crippen molar-refractivity contribution in [2.75, 3.05) is 5.73 Å². The summed E-state index contributed by atoms with van der Waals surface area (Å²) in [7, 11) is 0. The monoisotopic (exact) mass is 272 g/mol. The molecule has 0 radical (unpaired) electrons. The number of benzene rings is 2. The van der Waals surface area contributed by atoms with Gasteiger partial charge >= 0.3 is 0 Å². The standard InChI is InChI=1S/C15H17FN4/c1-8-3-4-12(16)11(5-8)10-7-13(17)14(6-9(10)2)20-15(18)19/h3-7H,17H2,1-2H3,(H4,18,19,20). The molecule has 2 rings (SSSR count). The van der Waals surface area contributed by atoms with Crippen LogP contribution in [0.1, 0.15) is 11.1 Å². The number of halogens is 1. The van der Waals surface area contributed by atoms with E-state index in [0.717, 1.165) is 16.7 Å². The summed E-state index contributed by atoms with van der Waals surface area (Å²) in [6.07, 6.45) is 0. The van der Waals surface area contributed by atoms with E-state index in [2.05, 4.69) is 4.99 Å². The summed E-state index contributed by atoms with van der Waals surface area (Å²) in [6.45, 7) is 3.78. The Morgan fingerprint density at radius 1 is 1.05 bits per heavy atom. The van der Waals surface area contributed by atoms with E-state index < -0.39 is 0 Å². The van der Waals surface area contributed by atoms with Gasteiger partial charge in [0.05, 0.1) is 11.4 Å². The van der Waals surface area contributed by atoms with Crippen LogP contribution in [0.4, 0.5) is 15.8 Å². The lowest BCUT2D eigenvalue weighted by atomic mass is 9.97. The van der Waals surface area contributed by atoms with Crippen LogP contribution in [0.5, 0.6) is 0 Å². The molecular weight excluding hydrogens is 255 g/mol. The molecule has 2 aromatic carbocycles. The fourth-order valence-electron chi connectivity index (χ4n) is 2.08. The van der Waals surface area contributed by atoms with Gasteiger partial charge in [0, 0.05) is 5.56 Å². The molecule has 0 saturated heterocycles. The molecule has 0 fully saturated rings. The van der Waals surface area contributed by atoms with Crippen LogP contribution in [0.25, 0.3) is 11.1 Å². The topological polar surface area (TPSA) is 90.4 Å². The average Bonchev–Trinajstić information content (AvgIpc) is 2.36. The average molecular weight is 272 g/mol. The number of hydrogen-bond acceptors (Lipinski definition) is 2. The summed E-state index contributed by atoms with van der Waals surface area (Å²) in [5.41, 5.74) is 20.6. The second-order valence-electron chi connectivity index (χ2n) is 4.75. The van der Waals surface area contributed by atoms with Crippen LogP contribution in [0.2, 0.25) is 0 Å². The lowest BCUT2D eigenvalue weighted by molar-refractivity contribution is 0.631. The molecule has 0 atom stereocenters. The molecule has 0 amide bonds. The van der Waals surface area contributed by atoms with Crippen LogP contribution in [0, 0.1) is 19.7 Å². The number of anilines is 1. The molecule has 5 heteroatoms. The van der Waals surface area contributed by atoms with Crippen molar-refractivity contribution in [3.05, 3.63) is 47.3 Å². The van der Waals surface area contributed by atoms with Crippen molar-refractivity contribution in [1.29, 1.82) is 0 Å². The van der Waals surface area contributed by atoms with Gasteiger partial charge in [-0.25, -0.2) is 9.38 Å². The van der Waals surface area contributed by atoms with Gasteiger partial charge in [-0.1, -0.05) is 11.6 Å². The molecule has 104 valence electrons. The maximum Gasteiger partial charge on any atom is 0.191 e. The lowest BCUT2D eigenvalue weighted by Gasteiger charge is -2.11. The molecule has 6 N–H and O–H groups in total. The van der Waals surface area contributed by atoms with Crippen molar-refractivity contribution in [2.45, 2.75) is 13.8 Å². The van der Waals surface area contributed by atoms with E-state index in [1.807, 2.05) is 13.8 Å². The summed E-state index contributed by atoms with van der Waals surface area (Å²) in [5, 5.41) is 0. The van der Waals surface area contributed by atoms with E-state index in [9.17, 15) is 4.39 Å². The van der Waals surface area contributed by atoms with Crippen LogP contribution >= 0.6 is 0 Å². The van der Waals surface area contributed by atoms with Crippen LogP contribution in [0.3, 0.4) is 0 Å². The minimum absolute atomic E-state index is 0.0643. The van der Waals surface area contributed by atoms with Gasteiger partial charge in [-0.15, -0.1) is 0 Å². The molecular formula is C15H17FN4. The summed E-state index contributed by atoms with van der Waals surface area (Å²) in [6, 6.07) is 8.40. The fourth-order valence-corrected chi connectivity index (χ4v) is 2.08. The zero-order chi connectivity index (χ0) is 14.9. The number of aryl methyl sites for hydroxylation is 2. The Hall–Kier alpha value is -2.56. The van der Waals surface area contributed by atoms with Crippen molar-refractivity contribution >= 4 is 17.3 Å². The Kier molecular flexibility index (Phi) is 3.61. The molecule has 0 saturated carbocycles. The van der Waals surface area contributed by atoms with Crippen LogP contribution < -0.4 is 17.2 Å². The number of nitrogens with two attached hydrogens (primary N) is 3. The SMILES string of the molecule is Cc1ccc(F)c(-c2cc(N)c(N=C(N)N)cc2C)c1. The van der Waals surface area contributed by atoms with Gasteiger partial charge in [0.1, 0.15) is 5.82 Å². The quantitative estimate of drug-likeness (QED) is 0.446. The first-order valence-corrected chi connectivity index (χ1v) is 6.14. The number of nitrogens with zero attached hydrogens (tertiary/aromatic N) is 1. The first-order chi connectivity index (χ1) is 9.38. The number of nitrogen functional groups attached to an aromatic ring is 1. The summed E-state index contributed by atoms with van der Waals surface area (Å²) in [4.78, 5) is 3.95. The molecule has 0 aliphatic carbocycles. The van der Waals surface area contributed by atoms with Crippen molar-refractivity contribution in [3.63, 3.8) is 0 Å². The lowest BCUT2D eigenvalue weighted by Crippen LogP contribution is -2.22. The van der Waals surface area contributed by atoms with Gasteiger partial charge in [0.25, 0.3) is 0 Å². The molecule has 20 heavy (non-hydrogen) atoms. The fraction of sp³-hybridized carbons (Fsp3) is 0.133.